The zero-order valence-electron chi connectivity index (χ0n) is 8.60. The summed E-state index contributed by atoms with van der Waals surface area (Å²) < 4.78 is 2.23. The molecule has 3 heteroatoms. The van der Waals surface area contributed by atoms with Gasteiger partial charge >= 0.3 is 0 Å². The van der Waals surface area contributed by atoms with E-state index in [1.807, 2.05) is 6.20 Å². The zero-order valence-corrected chi connectivity index (χ0v) is 9.41. The Labute approximate surface area is 93.7 Å². The van der Waals surface area contributed by atoms with Gasteiger partial charge in [0.15, 0.2) is 0 Å². The first kappa shape index (κ1) is 9.28. The van der Waals surface area contributed by atoms with Crippen molar-refractivity contribution in [2.45, 2.75) is 24.5 Å². The first-order valence-electron chi connectivity index (χ1n) is 5.49. The van der Waals surface area contributed by atoms with Crippen LogP contribution in [0.1, 0.15) is 30.3 Å². The number of rotatable bonds is 1. The predicted octanol–water partition coefficient (Wildman–Crippen LogP) is 3.29. The topological polar surface area (TPSA) is 17.3 Å². The minimum absolute atomic E-state index is 0.601. The third-order valence-electron chi connectivity index (χ3n) is 2.93. The Bertz CT molecular complexity index is 457. The summed E-state index contributed by atoms with van der Waals surface area (Å²) in [6, 6.07) is 6.25. The lowest BCUT2D eigenvalue weighted by Crippen LogP contribution is -2.06. The lowest BCUT2D eigenvalue weighted by atomic mass is 10.2. The molecule has 3 heterocycles. The average Bonchev–Trinajstić information content (AvgIpc) is 2.74. The van der Waals surface area contributed by atoms with Crippen LogP contribution in [0, 0.1) is 0 Å². The van der Waals surface area contributed by atoms with Crippen LogP contribution in [0.25, 0.3) is 5.52 Å². The molecule has 1 atom stereocenters. The summed E-state index contributed by atoms with van der Waals surface area (Å²) >= 11 is 2.05. The first-order valence-corrected chi connectivity index (χ1v) is 6.53. The second-order valence-electron chi connectivity index (χ2n) is 3.97. The lowest BCUT2D eigenvalue weighted by Gasteiger charge is -2.20. The van der Waals surface area contributed by atoms with Crippen molar-refractivity contribution in [2.24, 2.45) is 0 Å². The quantitative estimate of drug-likeness (QED) is 0.730. The molecule has 0 amide bonds. The normalized spacial score (nSPS) is 22.0. The molecule has 1 aliphatic heterocycles. The summed E-state index contributed by atoms with van der Waals surface area (Å²) in [5, 5.41) is 0.601. The molecule has 1 aliphatic rings. The van der Waals surface area contributed by atoms with Gasteiger partial charge in [0.1, 0.15) is 5.82 Å². The smallest absolute Gasteiger partial charge is 0.126 e. The van der Waals surface area contributed by atoms with E-state index in [9.17, 15) is 0 Å². The minimum atomic E-state index is 0.601. The Morgan fingerprint density at radius 3 is 3.20 bits per heavy atom. The second-order valence-corrected chi connectivity index (χ2v) is 5.28. The molecule has 0 saturated carbocycles. The predicted molar refractivity (Wildman–Crippen MR) is 64.2 cm³/mol. The van der Waals surface area contributed by atoms with Gasteiger partial charge in [-0.25, -0.2) is 4.98 Å². The van der Waals surface area contributed by atoms with E-state index in [0.29, 0.717) is 5.25 Å². The highest BCUT2D eigenvalue weighted by Crippen LogP contribution is 2.37. The van der Waals surface area contributed by atoms with Gasteiger partial charge in [0.2, 0.25) is 0 Å². The third kappa shape index (κ3) is 1.65. The molecule has 2 nitrogen and oxygen atoms in total. The monoisotopic (exact) mass is 218 g/mol. The summed E-state index contributed by atoms with van der Waals surface area (Å²) in [6.07, 6.45) is 8.08. The van der Waals surface area contributed by atoms with E-state index in [1.54, 1.807) is 0 Å². The van der Waals surface area contributed by atoms with Gasteiger partial charge in [-0.15, -0.1) is 0 Å². The fourth-order valence-electron chi connectivity index (χ4n) is 2.15. The molecule has 1 unspecified atom stereocenters. The number of imidazole rings is 1. The van der Waals surface area contributed by atoms with E-state index in [0.717, 1.165) is 0 Å². The molecule has 0 aliphatic carbocycles. The van der Waals surface area contributed by atoms with Crippen LogP contribution in [0.4, 0.5) is 0 Å². The van der Waals surface area contributed by atoms with Crippen LogP contribution in [0.2, 0.25) is 0 Å². The molecule has 0 spiro atoms. The number of pyridine rings is 1. The number of fused-ring (bicyclic) bond motifs is 1. The molecule has 0 aromatic carbocycles. The van der Waals surface area contributed by atoms with Gasteiger partial charge in [-0.05, 0) is 30.7 Å². The summed E-state index contributed by atoms with van der Waals surface area (Å²) in [5.74, 6) is 2.52. The van der Waals surface area contributed by atoms with Crippen molar-refractivity contribution in [1.29, 1.82) is 0 Å². The molecule has 2 aromatic rings. The standard InChI is InChI=1S/C12H14N2S/c1-3-7-14-10(5-1)9-13-12(14)11-6-2-4-8-15-11/h1,3,5,7,9,11H,2,4,6,8H2. The lowest BCUT2D eigenvalue weighted by molar-refractivity contribution is 0.660. The number of aromatic nitrogens is 2. The van der Waals surface area contributed by atoms with Crippen LogP contribution in [0.5, 0.6) is 0 Å². The molecule has 0 N–H and O–H groups in total. The molecule has 15 heavy (non-hydrogen) atoms. The molecule has 1 saturated heterocycles. The van der Waals surface area contributed by atoms with Gasteiger partial charge in [-0.3, -0.25) is 0 Å². The SMILES string of the molecule is c1ccn2c(C3CCCCS3)ncc2c1. The van der Waals surface area contributed by atoms with Gasteiger partial charge < -0.3 is 4.40 Å². The molecule has 1 fully saturated rings. The van der Waals surface area contributed by atoms with Gasteiger partial charge in [-0.2, -0.15) is 11.8 Å². The molecule has 78 valence electrons. The van der Waals surface area contributed by atoms with Crippen LogP contribution in [-0.2, 0) is 0 Å². The van der Waals surface area contributed by atoms with E-state index >= 15 is 0 Å². The highest BCUT2D eigenvalue weighted by Gasteiger charge is 2.19. The van der Waals surface area contributed by atoms with Crippen molar-refractivity contribution in [3.63, 3.8) is 0 Å². The Morgan fingerprint density at radius 2 is 2.33 bits per heavy atom. The van der Waals surface area contributed by atoms with E-state index < -0.39 is 0 Å². The molecular formula is C12H14N2S. The van der Waals surface area contributed by atoms with E-state index in [2.05, 4.69) is 45.5 Å². The maximum Gasteiger partial charge on any atom is 0.126 e. The third-order valence-corrected chi connectivity index (χ3v) is 4.31. The fraction of sp³-hybridized carbons (Fsp3) is 0.417. The van der Waals surface area contributed by atoms with Crippen molar-refractivity contribution in [2.75, 3.05) is 5.75 Å². The maximum atomic E-state index is 4.56. The highest BCUT2D eigenvalue weighted by atomic mass is 32.2. The summed E-state index contributed by atoms with van der Waals surface area (Å²) in [7, 11) is 0. The van der Waals surface area contributed by atoms with E-state index in [1.165, 1.54) is 36.4 Å². The number of nitrogens with zero attached hydrogens (tertiary/aromatic N) is 2. The number of hydrogen-bond donors (Lipinski definition) is 0. The van der Waals surface area contributed by atoms with Crippen molar-refractivity contribution in [1.82, 2.24) is 9.38 Å². The average molecular weight is 218 g/mol. The van der Waals surface area contributed by atoms with Crippen molar-refractivity contribution >= 4 is 17.3 Å². The Balaban J connectivity index is 2.02. The number of thioether (sulfide) groups is 1. The number of hydrogen-bond acceptors (Lipinski definition) is 2. The second kappa shape index (κ2) is 3.89. The molecule has 3 rings (SSSR count). The summed E-state index contributed by atoms with van der Waals surface area (Å²) in [4.78, 5) is 4.56. The highest BCUT2D eigenvalue weighted by molar-refractivity contribution is 7.99. The molecule has 2 aromatic heterocycles. The van der Waals surface area contributed by atoms with Crippen LogP contribution in [0.15, 0.2) is 30.6 Å². The van der Waals surface area contributed by atoms with Crippen LogP contribution < -0.4 is 0 Å². The fourth-order valence-corrected chi connectivity index (χ4v) is 3.46. The van der Waals surface area contributed by atoms with E-state index in [4.69, 9.17) is 0 Å². The first-order chi connectivity index (χ1) is 7.45. The Morgan fingerprint density at radius 1 is 1.33 bits per heavy atom. The summed E-state index contributed by atoms with van der Waals surface area (Å²) in [6.45, 7) is 0. The summed E-state index contributed by atoms with van der Waals surface area (Å²) in [5.41, 5.74) is 1.21. The van der Waals surface area contributed by atoms with Gasteiger partial charge in [-0.1, -0.05) is 12.5 Å². The molecule has 0 bridgehead atoms. The molecule has 0 radical (unpaired) electrons. The van der Waals surface area contributed by atoms with Gasteiger partial charge in [0.05, 0.1) is 17.0 Å². The zero-order chi connectivity index (χ0) is 10.1. The largest absolute Gasteiger partial charge is 0.303 e. The van der Waals surface area contributed by atoms with Crippen molar-refractivity contribution in [3.8, 4) is 0 Å². The van der Waals surface area contributed by atoms with Crippen LogP contribution >= 0.6 is 11.8 Å². The molecular weight excluding hydrogens is 204 g/mol. The van der Waals surface area contributed by atoms with Crippen LogP contribution in [-0.4, -0.2) is 15.1 Å². The van der Waals surface area contributed by atoms with Crippen molar-refractivity contribution < 1.29 is 0 Å². The van der Waals surface area contributed by atoms with Gasteiger partial charge in [0, 0.05) is 6.20 Å². The van der Waals surface area contributed by atoms with Crippen molar-refractivity contribution in [3.05, 3.63) is 36.4 Å². The van der Waals surface area contributed by atoms with Crippen LogP contribution in [0.3, 0.4) is 0 Å². The maximum absolute atomic E-state index is 4.56. The van der Waals surface area contributed by atoms with Gasteiger partial charge in [0.25, 0.3) is 0 Å². The Hall–Kier alpha value is -0.960. The minimum Gasteiger partial charge on any atom is -0.303 e. The Kier molecular flexibility index (Phi) is 2.41. The van der Waals surface area contributed by atoms with E-state index in [-0.39, 0.29) is 0 Å².